The van der Waals surface area contributed by atoms with Crippen LogP contribution in [0.25, 0.3) is 0 Å². The number of rotatable bonds is 6. The zero-order valence-electron chi connectivity index (χ0n) is 17.2. The van der Waals surface area contributed by atoms with Crippen LogP contribution >= 0.6 is 11.8 Å². The topological polar surface area (TPSA) is 92.1 Å². The number of aryl methyl sites for hydroxylation is 2. The third-order valence-corrected chi connectivity index (χ3v) is 6.06. The number of anilines is 1. The SMILES string of the molecule is CCOC(=O)c1ccc(NC(=O)C(C)Sc2nc3c(cc2C#N)CCCCC3)cc1. The van der Waals surface area contributed by atoms with Crippen molar-refractivity contribution < 1.29 is 14.3 Å². The first-order valence-corrected chi connectivity index (χ1v) is 11.1. The fourth-order valence-electron chi connectivity index (χ4n) is 3.33. The summed E-state index contributed by atoms with van der Waals surface area (Å²) in [5, 5.41) is 12.6. The van der Waals surface area contributed by atoms with Crippen molar-refractivity contribution in [2.24, 2.45) is 0 Å². The van der Waals surface area contributed by atoms with Gasteiger partial charge in [0.25, 0.3) is 0 Å². The van der Waals surface area contributed by atoms with E-state index in [-0.39, 0.29) is 5.91 Å². The lowest BCUT2D eigenvalue weighted by molar-refractivity contribution is -0.115. The molecule has 0 radical (unpaired) electrons. The molecule has 1 atom stereocenters. The molecule has 0 fully saturated rings. The highest BCUT2D eigenvalue weighted by Crippen LogP contribution is 2.30. The maximum absolute atomic E-state index is 12.6. The lowest BCUT2D eigenvalue weighted by atomic mass is 10.1. The molecule has 1 aromatic carbocycles. The number of hydrogen-bond donors (Lipinski definition) is 1. The third-order valence-electron chi connectivity index (χ3n) is 4.96. The monoisotopic (exact) mass is 423 g/mol. The minimum absolute atomic E-state index is 0.190. The maximum atomic E-state index is 12.6. The summed E-state index contributed by atoms with van der Waals surface area (Å²) in [7, 11) is 0. The van der Waals surface area contributed by atoms with Crippen LogP contribution in [0.2, 0.25) is 0 Å². The van der Waals surface area contributed by atoms with E-state index in [4.69, 9.17) is 9.72 Å². The van der Waals surface area contributed by atoms with Gasteiger partial charge in [-0.1, -0.05) is 18.2 Å². The van der Waals surface area contributed by atoms with Crippen LogP contribution in [0.15, 0.2) is 35.4 Å². The molecule has 30 heavy (non-hydrogen) atoms. The minimum atomic E-state index is -0.432. The lowest BCUT2D eigenvalue weighted by Crippen LogP contribution is -2.22. The highest BCUT2D eigenvalue weighted by atomic mass is 32.2. The molecule has 7 heteroatoms. The highest BCUT2D eigenvalue weighted by Gasteiger charge is 2.20. The molecule has 1 N–H and O–H groups in total. The van der Waals surface area contributed by atoms with Crippen LogP contribution in [0.1, 0.15) is 60.3 Å². The summed E-state index contributed by atoms with van der Waals surface area (Å²) < 4.78 is 4.96. The van der Waals surface area contributed by atoms with Gasteiger partial charge in [-0.15, -0.1) is 0 Å². The highest BCUT2D eigenvalue weighted by molar-refractivity contribution is 8.00. The van der Waals surface area contributed by atoms with Crippen molar-refractivity contribution in [1.29, 1.82) is 5.26 Å². The molecule has 0 saturated heterocycles. The average molecular weight is 424 g/mol. The van der Waals surface area contributed by atoms with Gasteiger partial charge in [0.1, 0.15) is 11.1 Å². The smallest absolute Gasteiger partial charge is 0.338 e. The van der Waals surface area contributed by atoms with E-state index in [1.54, 1.807) is 38.1 Å². The lowest BCUT2D eigenvalue weighted by Gasteiger charge is -2.14. The Bertz CT molecular complexity index is 967. The van der Waals surface area contributed by atoms with Crippen LogP contribution < -0.4 is 5.32 Å². The van der Waals surface area contributed by atoms with Crippen molar-refractivity contribution in [1.82, 2.24) is 4.98 Å². The summed E-state index contributed by atoms with van der Waals surface area (Å²) in [6.07, 6.45) is 5.28. The summed E-state index contributed by atoms with van der Waals surface area (Å²) in [5.41, 5.74) is 3.77. The molecular weight excluding hydrogens is 398 g/mol. The van der Waals surface area contributed by atoms with E-state index in [1.807, 2.05) is 6.07 Å². The Labute approximate surface area is 181 Å². The van der Waals surface area contributed by atoms with Gasteiger partial charge in [-0.05, 0) is 75.4 Å². The molecule has 6 nitrogen and oxygen atoms in total. The normalized spacial score (nSPS) is 14.0. The number of amides is 1. The van der Waals surface area contributed by atoms with Crippen molar-refractivity contribution in [2.45, 2.75) is 56.2 Å². The molecular formula is C23H25N3O3S. The van der Waals surface area contributed by atoms with Crippen molar-refractivity contribution in [3.8, 4) is 6.07 Å². The second-order valence-electron chi connectivity index (χ2n) is 7.17. The first kappa shape index (κ1) is 21.8. The van der Waals surface area contributed by atoms with E-state index < -0.39 is 11.2 Å². The second kappa shape index (κ2) is 10.3. The number of nitriles is 1. The van der Waals surface area contributed by atoms with E-state index in [1.165, 1.54) is 18.2 Å². The number of carbonyl (C=O) groups excluding carboxylic acids is 2. The Kier molecular flexibility index (Phi) is 7.47. The van der Waals surface area contributed by atoms with Gasteiger partial charge in [0, 0.05) is 11.4 Å². The molecule has 1 aromatic heterocycles. The number of nitrogens with one attached hydrogen (secondary N) is 1. The predicted octanol–water partition coefficient (Wildman–Crippen LogP) is 4.52. The number of benzene rings is 1. The molecule has 2 aromatic rings. The molecule has 1 aliphatic rings. The van der Waals surface area contributed by atoms with Gasteiger partial charge in [-0.2, -0.15) is 5.26 Å². The quantitative estimate of drug-likeness (QED) is 0.417. The molecule has 156 valence electrons. The summed E-state index contributed by atoms with van der Waals surface area (Å²) in [6.45, 7) is 3.86. The molecule has 1 aliphatic carbocycles. The summed E-state index contributed by atoms with van der Waals surface area (Å²) in [4.78, 5) is 29.1. The number of fused-ring (bicyclic) bond motifs is 1. The Balaban J connectivity index is 1.68. The Morgan fingerprint density at radius 1 is 1.23 bits per heavy atom. The number of hydrogen-bond acceptors (Lipinski definition) is 6. The minimum Gasteiger partial charge on any atom is -0.462 e. The van der Waals surface area contributed by atoms with Crippen LogP contribution in [-0.2, 0) is 22.4 Å². The molecule has 1 unspecified atom stereocenters. The average Bonchev–Trinajstić information content (AvgIpc) is 2.98. The van der Waals surface area contributed by atoms with Gasteiger partial charge < -0.3 is 10.1 Å². The van der Waals surface area contributed by atoms with Crippen LogP contribution in [-0.4, -0.2) is 28.7 Å². The van der Waals surface area contributed by atoms with Crippen LogP contribution in [0.4, 0.5) is 5.69 Å². The van der Waals surface area contributed by atoms with Gasteiger partial charge >= 0.3 is 5.97 Å². The largest absolute Gasteiger partial charge is 0.462 e. The Hall–Kier alpha value is -2.85. The first-order chi connectivity index (χ1) is 14.5. The number of pyridine rings is 1. The molecule has 1 heterocycles. The van der Waals surface area contributed by atoms with Crippen LogP contribution in [0, 0.1) is 11.3 Å². The van der Waals surface area contributed by atoms with Gasteiger partial charge in [-0.25, -0.2) is 9.78 Å². The first-order valence-electron chi connectivity index (χ1n) is 10.2. The number of carbonyl (C=O) groups is 2. The second-order valence-corrected chi connectivity index (χ2v) is 8.50. The van der Waals surface area contributed by atoms with Crippen molar-refractivity contribution >= 4 is 29.3 Å². The van der Waals surface area contributed by atoms with Crippen molar-refractivity contribution in [3.05, 3.63) is 52.7 Å². The zero-order valence-corrected chi connectivity index (χ0v) is 18.1. The fourth-order valence-corrected chi connectivity index (χ4v) is 4.23. The Morgan fingerprint density at radius 3 is 2.67 bits per heavy atom. The molecule has 1 amide bonds. The standard InChI is InChI=1S/C23H25N3O3S/c1-3-29-23(28)16-9-11-19(12-10-16)25-21(27)15(2)30-22-18(14-24)13-17-7-5-4-6-8-20(17)26-22/h9-13,15H,3-8H2,1-2H3,(H,25,27). The van der Waals surface area contributed by atoms with E-state index in [0.29, 0.717) is 28.4 Å². The number of thioether (sulfide) groups is 1. The molecule has 0 aliphatic heterocycles. The van der Waals surface area contributed by atoms with Gasteiger partial charge in [-0.3, -0.25) is 4.79 Å². The molecule has 3 rings (SSSR count). The zero-order chi connectivity index (χ0) is 21.5. The molecule has 0 bridgehead atoms. The van der Waals surface area contributed by atoms with E-state index in [0.717, 1.165) is 36.9 Å². The molecule has 0 saturated carbocycles. The number of esters is 1. The van der Waals surface area contributed by atoms with Gasteiger partial charge in [0.2, 0.25) is 5.91 Å². The van der Waals surface area contributed by atoms with Crippen molar-refractivity contribution in [2.75, 3.05) is 11.9 Å². The van der Waals surface area contributed by atoms with Crippen LogP contribution in [0.5, 0.6) is 0 Å². The number of nitrogens with zero attached hydrogens (tertiary/aromatic N) is 2. The molecule has 0 spiro atoms. The van der Waals surface area contributed by atoms with Gasteiger partial charge in [0.05, 0.1) is 23.0 Å². The summed E-state index contributed by atoms with van der Waals surface area (Å²) in [5.74, 6) is -0.581. The number of ether oxygens (including phenoxy) is 1. The van der Waals surface area contributed by atoms with E-state index in [2.05, 4.69) is 11.4 Å². The van der Waals surface area contributed by atoms with Crippen molar-refractivity contribution in [3.63, 3.8) is 0 Å². The predicted molar refractivity (Wildman–Crippen MR) is 117 cm³/mol. The summed E-state index contributed by atoms with van der Waals surface area (Å²) in [6, 6.07) is 10.7. The fraction of sp³-hybridized carbons (Fsp3) is 0.391. The maximum Gasteiger partial charge on any atom is 0.338 e. The van der Waals surface area contributed by atoms with Crippen LogP contribution in [0.3, 0.4) is 0 Å². The number of aromatic nitrogens is 1. The van der Waals surface area contributed by atoms with Gasteiger partial charge in [0.15, 0.2) is 0 Å². The summed E-state index contributed by atoms with van der Waals surface area (Å²) >= 11 is 1.30. The Morgan fingerprint density at radius 2 is 1.97 bits per heavy atom. The third kappa shape index (κ3) is 5.39. The van der Waals surface area contributed by atoms with E-state index >= 15 is 0 Å². The van der Waals surface area contributed by atoms with E-state index in [9.17, 15) is 14.9 Å².